The summed E-state index contributed by atoms with van der Waals surface area (Å²) in [4.78, 5) is 14.2. The zero-order chi connectivity index (χ0) is 13.1. The Hall–Kier alpha value is -1.49. The van der Waals surface area contributed by atoms with Crippen LogP contribution in [-0.2, 0) is 11.8 Å². The van der Waals surface area contributed by atoms with Crippen LogP contribution < -0.4 is 5.73 Å². The quantitative estimate of drug-likeness (QED) is 0.879. The largest absolute Gasteiger partial charge is 0.397 e. The number of likely N-dealkylation sites (tertiary alicyclic amines) is 1. The van der Waals surface area contributed by atoms with Crippen LogP contribution in [0, 0.1) is 0 Å². The molecule has 100 valence electrons. The number of nitrogens with two attached hydrogens (primary N) is 1. The van der Waals surface area contributed by atoms with Gasteiger partial charge in [0, 0.05) is 32.9 Å². The third kappa shape index (κ3) is 2.67. The number of hydrogen-bond acceptors (Lipinski definition) is 3. The van der Waals surface area contributed by atoms with Gasteiger partial charge >= 0.3 is 0 Å². The summed E-state index contributed by atoms with van der Waals surface area (Å²) in [6.07, 6.45) is 3.90. The van der Waals surface area contributed by atoms with E-state index in [9.17, 15) is 4.79 Å². The number of piperidine rings is 1. The van der Waals surface area contributed by atoms with Crippen molar-refractivity contribution in [3.05, 3.63) is 18.0 Å². The lowest BCUT2D eigenvalue weighted by atomic mass is 10.1. The number of nitrogen functional groups attached to an aromatic ring is 1. The number of aryl methyl sites for hydroxylation is 1. The van der Waals surface area contributed by atoms with Crippen molar-refractivity contribution in [2.24, 2.45) is 7.05 Å². The third-order valence-electron chi connectivity index (χ3n) is 3.38. The van der Waals surface area contributed by atoms with Crippen molar-refractivity contribution in [2.45, 2.75) is 25.9 Å². The van der Waals surface area contributed by atoms with Gasteiger partial charge in [-0.1, -0.05) is 0 Å². The first-order valence-electron chi connectivity index (χ1n) is 6.44. The number of anilines is 1. The highest BCUT2D eigenvalue weighted by Crippen LogP contribution is 2.17. The van der Waals surface area contributed by atoms with Gasteiger partial charge in [-0.05, 0) is 25.8 Å². The normalized spacial score (nSPS) is 17.1. The van der Waals surface area contributed by atoms with Crippen molar-refractivity contribution in [3.8, 4) is 0 Å². The first-order valence-corrected chi connectivity index (χ1v) is 6.44. The van der Waals surface area contributed by atoms with E-state index in [4.69, 9.17) is 10.5 Å². The number of ether oxygens (including phenoxy) is 1. The zero-order valence-electron chi connectivity index (χ0n) is 11.1. The minimum Gasteiger partial charge on any atom is -0.397 e. The van der Waals surface area contributed by atoms with Crippen LogP contribution in [0.4, 0.5) is 5.69 Å². The molecule has 0 aromatic carbocycles. The van der Waals surface area contributed by atoms with Crippen molar-refractivity contribution in [1.82, 2.24) is 9.47 Å². The van der Waals surface area contributed by atoms with Gasteiger partial charge in [0.15, 0.2) is 0 Å². The predicted molar refractivity (Wildman–Crippen MR) is 70.4 cm³/mol. The fourth-order valence-electron chi connectivity index (χ4n) is 2.43. The first-order chi connectivity index (χ1) is 8.61. The van der Waals surface area contributed by atoms with Crippen LogP contribution in [0.1, 0.15) is 30.3 Å². The van der Waals surface area contributed by atoms with Gasteiger partial charge in [-0.25, -0.2) is 0 Å². The summed E-state index contributed by atoms with van der Waals surface area (Å²) < 4.78 is 7.37. The van der Waals surface area contributed by atoms with Gasteiger partial charge in [0.2, 0.25) is 0 Å². The molecule has 1 aliphatic heterocycles. The molecule has 1 aliphatic rings. The van der Waals surface area contributed by atoms with E-state index in [2.05, 4.69) is 0 Å². The molecule has 0 radical (unpaired) electrons. The molecule has 0 aliphatic carbocycles. The topological polar surface area (TPSA) is 60.5 Å². The second-order valence-electron chi connectivity index (χ2n) is 4.72. The van der Waals surface area contributed by atoms with E-state index in [1.165, 1.54) is 0 Å². The van der Waals surface area contributed by atoms with Crippen LogP contribution in [0.25, 0.3) is 0 Å². The molecule has 2 N–H and O–H groups in total. The molecule has 0 atom stereocenters. The van der Waals surface area contributed by atoms with Crippen molar-refractivity contribution < 1.29 is 9.53 Å². The van der Waals surface area contributed by atoms with Gasteiger partial charge < -0.3 is 19.9 Å². The number of aromatic nitrogens is 1. The minimum absolute atomic E-state index is 0.0594. The van der Waals surface area contributed by atoms with E-state index in [-0.39, 0.29) is 5.91 Å². The summed E-state index contributed by atoms with van der Waals surface area (Å²) in [5, 5.41) is 0. The molecule has 1 aromatic heterocycles. The Balaban J connectivity index is 1.97. The van der Waals surface area contributed by atoms with Crippen molar-refractivity contribution in [1.29, 1.82) is 0 Å². The average Bonchev–Trinajstić information content (AvgIpc) is 2.69. The highest BCUT2D eigenvalue weighted by atomic mass is 16.5. The third-order valence-corrected chi connectivity index (χ3v) is 3.38. The maximum atomic E-state index is 12.3. The second-order valence-corrected chi connectivity index (χ2v) is 4.72. The van der Waals surface area contributed by atoms with Crippen LogP contribution in [0.5, 0.6) is 0 Å². The maximum absolute atomic E-state index is 12.3. The predicted octanol–water partition coefficient (Wildman–Crippen LogP) is 1.25. The van der Waals surface area contributed by atoms with Crippen LogP contribution in [0.2, 0.25) is 0 Å². The van der Waals surface area contributed by atoms with E-state index in [0.29, 0.717) is 17.5 Å². The first kappa shape index (κ1) is 13.0. The highest BCUT2D eigenvalue weighted by molar-refractivity contribution is 5.93. The molecule has 0 unspecified atom stereocenters. The molecule has 1 fully saturated rings. The molecule has 2 heterocycles. The number of carbonyl (C=O) groups excluding carboxylic acids is 1. The summed E-state index contributed by atoms with van der Waals surface area (Å²) in [6, 6.07) is 1.73. The number of hydrogen-bond donors (Lipinski definition) is 1. The fraction of sp³-hybridized carbons (Fsp3) is 0.615. The highest BCUT2D eigenvalue weighted by Gasteiger charge is 2.25. The van der Waals surface area contributed by atoms with Gasteiger partial charge in [0.25, 0.3) is 5.91 Å². The van der Waals surface area contributed by atoms with E-state index < -0.39 is 0 Å². The summed E-state index contributed by atoms with van der Waals surface area (Å²) in [5.74, 6) is 0.0594. The summed E-state index contributed by atoms with van der Waals surface area (Å²) in [7, 11) is 1.84. The molecule has 2 rings (SSSR count). The number of amides is 1. The Morgan fingerprint density at radius 3 is 2.67 bits per heavy atom. The van der Waals surface area contributed by atoms with Gasteiger partial charge in [-0.2, -0.15) is 0 Å². The summed E-state index contributed by atoms with van der Waals surface area (Å²) >= 11 is 0. The standard InChI is InChI=1S/C13H21N3O2/c1-3-18-11-4-6-16(7-5-11)13(17)12-8-10(14)9-15(12)2/h8-9,11H,3-7,14H2,1-2H3. The maximum Gasteiger partial charge on any atom is 0.270 e. The Bertz CT molecular complexity index is 420. The molecule has 5 nitrogen and oxygen atoms in total. The molecule has 1 aromatic rings. The number of nitrogens with zero attached hydrogens (tertiary/aromatic N) is 2. The molecule has 1 amide bonds. The summed E-state index contributed by atoms with van der Waals surface area (Å²) in [5.41, 5.74) is 6.98. The van der Waals surface area contributed by atoms with Gasteiger partial charge in [-0.3, -0.25) is 4.79 Å². The fourth-order valence-corrected chi connectivity index (χ4v) is 2.43. The Labute approximate surface area is 108 Å². The number of carbonyl (C=O) groups is 1. The monoisotopic (exact) mass is 251 g/mol. The molecule has 5 heteroatoms. The van der Waals surface area contributed by atoms with Gasteiger partial charge in [-0.15, -0.1) is 0 Å². The van der Waals surface area contributed by atoms with Crippen molar-refractivity contribution in [2.75, 3.05) is 25.4 Å². The Kier molecular flexibility index (Phi) is 3.91. The average molecular weight is 251 g/mol. The Morgan fingerprint density at radius 2 is 2.17 bits per heavy atom. The SMILES string of the molecule is CCOC1CCN(C(=O)c2cc(N)cn2C)CC1. The van der Waals surface area contributed by atoms with Gasteiger partial charge in [0.1, 0.15) is 5.69 Å². The van der Waals surface area contributed by atoms with Crippen LogP contribution in [0.3, 0.4) is 0 Å². The van der Waals surface area contributed by atoms with E-state index >= 15 is 0 Å². The lowest BCUT2D eigenvalue weighted by Crippen LogP contribution is -2.41. The zero-order valence-corrected chi connectivity index (χ0v) is 11.1. The number of rotatable bonds is 3. The Morgan fingerprint density at radius 1 is 1.50 bits per heavy atom. The van der Waals surface area contributed by atoms with Crippen molar-refractivity contribution >= 4 is 11.6 Å². The van der Waals surface area contributed by atoms with Gasteiger partial charge in [0.05, 0.1) is 11.8 Å². The van der Waals surface area contributed by atoms with E-state index in [1.807, 2.05) is 18.9 Å². The molecule has 0 saturated carbocycles. The molecular formula is C13H21N3O2. The van der Waals surface area contributed by atoms with Crippen molar-refractivity contribution in [3.63, 3.8) is 0 Å². The molecule has 18 heavy (non-hydrogen) atoms. The second kappa shape index (κ2) is 5.44. The van der Waals surface area contributed by atoms with E-state index in [1.54, 1.807) is 16.8 Å². The smallest absolute Gasteiger partial charge is 0.270 e. The van der Waals surface area contributed by atoms with Crippen LogP contribution in [-0.4, -0.2) is 41.2 Å². The van der Waals surface area contributed by atoms with E-state index in [0.717, 1.165) is 32.5 Å². The van der Waals surface area contributed by atoms with Crippen LogP contribution in [0.15, 0.2) is 12.3 Å². The molecule has 0 bridgehead atoms. The minimum atomic E-state index is 0.0594. The lowest BCUT2D eigenvalue weighted by Gasteiger charge is -2.31. The van der Waals surface area contributed by atoms with Crippen LogP contribution >= 0.6 is 0 Å². The molecular weight excluding hydrogens is 230 g/mol. The lowest BCUT2D eigenvalue weighted by molar-refractivity contribution is 0.0143. The summed E-state index contributed by atoms with van der Waals surface area (Å²) in [6.45, 7) is 4.26. The molecule has 0 spiro atoms. The molecule has 1 saturated heterocycles.